The monoisotopic (exact) mass is 266 g/mol. The van der Waals surface area contributed by atoms with Gasteiger partial charge in [0.25, 0.3) is 0 Å². The first-order valence-electron chi connectivity index (χ1n) is 6.67. The van der Waals surface area contributed by atoms with E-state index in [4.69, 9.17) is 4.42 Å². The van der Waals surface area contributed by atoms with Gasteiger partial charge in [-0.3, -0.25) is 0 Å². The second-order valence-corrected chi connectivity index (χ2v) is 4.99. The topological polar surface area (TPSA) is 20.9 Å². The molecule has 0 saturated heterocycles. The van der Waals surface area contributed by atoms with Crippen molar-refractivity contribution in [3.8, 4) is 22.8 Å². The minimum atomic E-state index is 0.850. The highest BCUT2D eigenvalue weighted by atomic mass is 16.3. The van der Waals surface area contributed by atoms with Gasteiger partial charge in [-0.05, 0) is 24.6 Å². The summed E-state index contributed by atoms with van der Waals surface area (Å²) in [6, 6.07) is 14.7. The molecule has 0 aliphatic rings. The van der Waals surface area contributed by atoms with Crippen LogP contribution in [0.2, 0.25) is 0 Å². The van der Waals surface area contributed by atoms with Gasteiger partial charge in [0.2, 0.25) is 11.9 Å². The molecule has 0 radical (unpaired) electrons. The molecule has 0 N–H and O–H groups in total. The van der Waals surface area contributed by atoms with Crippen LogP contribution in [0.3, 0.4) is 0 Å². The van der Waals surface area contributed by atoms with Crippen LogP contribution in [0.4, 0.5) is 0 Å². The summed E-state index contributed by atoms with van der Waals surface area (Å²) in [5.41, 5.74) is 4.74. The summed E-state index contributed by atoms with van der Waals surface area (Å²) < 4.78 is 9.75. The van der Waals surface area contributed by atoms with Gasteiger partial charge in [0.1, 0.15) is 14.1 Å². The largest absolute Gasteiger partial charge is 0.446 e. The SMILES string of the molecule is Cc1ccccc1-c1cccc(-c2occ[n+]2C)[n+]1C. The highest BCUT2D eigenvalue weighted by Gasteiger charge is 2.26. The highest BCUT2D eigenvalue weighted by Crippen LogP contribution is 2.21. The van der Waals surface area contributed by atoms with E-state index >= 15 is 0 Å². The number of aromatic nitrogens is 2. The van der Waals surface area contributed by atoms with Crippen LogP contribution in [-0.2, 0) is 14.1 Å². The second kappa shape index (κ2) is 4.93. The molecule has 3 heteroatoms. The fraction of sp³-hybridized carbons (Fsp3) is 0.176. The van der Waals surface area contributed by atoms with Gasteiger partial charge < -0.3 is 4.42 Å². The molecule has 2 aromatic heterocycles. The molecule has 1 aromatic carbocycles. The minimum absolute atomic E-state index is 0.850. The average molecular weight is 266 g/mol. The van der Waals surface area contributed by atoms with Crippen LogP contribution >= 0.6 is 0 Å². The average Bonchev–Trinajstić information content (AvgIpc) is 2.86. The first-order chi connectivity index (χ1) is 9.68. The summed E-state index contributed by atoms with van der Waals surface area (Å²) in [5.74, 6) is 0.850. The maximum atomic E-state index is 5.59. The van der Waals surface area contributed by atoms with Crippen LogP contribution in [0.1, 0.15) is 5.56 Å². The zero-order chi connectivity index (χ0) is 14.1. The number of benzene rings is 1. The fourth-order valence-electron chi connectivity index (χ4n) is 2.51. The zero-order valence-electron chi connectivity index (χ0n) is 12.0. The molecule has 0 amide bonds. The maximum Gasteiger partial charge on any atom is 0.446 e. The third-order valence-electron chi connectivity index (χ3n) is 3.66. The van der Waals surface area contributed by atoms with Crippen molar-refractivity contribution >= 4 is 0 Å². The van der Waals surface area contributed by atoms with Crippen LogP contribution in [0.5, 0.6) is 0 Å². The molecular formula is C17H18N2O+2. The number of aryl methyl sites for hydroxylation is 2. The Morgan fingerprint density at radius 1 is 0.900 bits per heavy atom. The van der Waals surface area contributed by atoms with Crippen LogP contribution in [0.15, 0.2) is 59.3 Å². The number of oxazole rings is 1. The summed E-state index contributed by atoms with van der Waals surface area (Å²) in [6.07, 6.45) is 3.62. The lowest BCUT2D eigenvalue weighted by atomic mass is 10.0. The van der Waals surface area contributed by atoms with E-state index < -0.39 is 0 Å². The maximum absolute atomic E-state index is 5.59. The van der Waals surface area contributed by atoms with Gasteiger partial charge in [-0.1, -0.05) is 18.2 Å². The summed E-state index contributed by atoms with van der Waals surface area (Å²) in [6.45, 7) is 2.13. The van der Waals surface area contributed by atoms with E-state index in [1.54, 1.807) is 6.26 Å². The molecule has 0 aliphatic heterocycles. The van der Waals surface area contributed by atoms with Crippen molar-refractivity contribution in [1.29, 1.82) is 0 Å². The van der Waals surface area contributed by atoms with Gasteiger partial charge >= 0.3 is 11.6 Å². The predicted molar refractivity (Wildman–Crippen MR) is 76.7 cm³/mol. The molecule has 0 aliphatic carbocycles. The molecule has 20 heavy (non-hydrogen) atoms. The van der Waals surface area contributed by atoms with Crippen LogP contribution in [0, 0.1) is 6.92 Å². The van der Waals surface area contributed by atoms with Crippen molar-refractivity contribution in [3.05, 3.63) is 60.5 Å². The van der Waals surface area contributed by atoms with E-state index in [0.29, 0.717) is 0 Å². The molecule has 0 saturated carbocycles. The Bertz CT molecular complexity index is 759. The predicted octanol–water partition coefficient (Wildman–Crippen LogP) is 2.57. The molecule has 2 heterocycles. The van der Waals surface area contributed by atoms with E-state index in [1.807, 2.05) is 17.8 Å². The lowest BCUT2D eigenvalue weighted by Crippen LogP contribution is -2.38. The Labute approximate surface area is 118 Å². The normalized spacial score (nSPS) is 10.8. The standard InChI is InChI=1S/C17H18N2O/c1-13-7-4-5-8-14(13)15-9-6-10-16(19(15)3)17-18(2)11-12-20-17/h4-12H,1-3H3/q+2. The van der Waals surface area contributed by atoms with Gasteiger partial charge in [-0.15, -0.1) is 0 Å². The van der Waals surface area contributed by atoms with E-state index in [1.165, 1.54) is 16.8 Å². The molecule has 0 unspecified atom stereocenters. The Morgan fingerprint density at radius 2 is 1.65 bits per heavy atom. The molecule has 100 valence electrons. The van der Waals surface area contributed by atoms with E-state index in [-0.39, 0.29) is 0 Å². The summed E-state index contributed by atoms with van der Waals surface area (Å²) >= 11 is 0. The van der Waals surface area contributed by atoms with Crippen molar-refractivity contribution in [2.75, 3.05) is 0 Å². The molecule has 0 bridgehead atoms. The number of rotatable bonds is 2. The zero-order valence-corrected chi connectivity index (χ0v) is 12.0. The van der Waals surface area contributed by atoms with Gasteiger partial charge in [0.05, 0.1) is 0 Å². The quantitative estimate of drug-likeness (QED) is 0.653. The van der Waals surface area contributed by atoms with Crippen molar-refractivity contribution in [3.63, 3.8) is 0 Å². The summed E-state index contributed by atoms with van der Waals surface area (Å²) in [7, 11) is 4.05. The van der Waals surface area contributed by atoms with E-state index in [0.717, 1.165) is 11.6 Å². The van der Waals surface area contributed by atoms with Gasteiger partial charge in [0.15, 0.2) is 6.26 Å². The Hall–Kier alpha value is -2.42. The summed E-state index contributed by atoms with van der Waals surface area (Å²) in [5, 5.41) is 0. The molecular weight excluding hydrogens is 248 g/mol. The number of pyridine rings is 1. The molecule has 0 atom stereocenters. The summed E-state index contributed by atoms with van der Waals surface area (Å²) in [4.78, 5) is 0. The highest BCUT2D eigenvalue weighted by molar-refractivity contribution is 5.61. The first kappa shape index (κ1) is 12.6. The molecule has 3 rings (SSSR count). The Kier molecular flexibility index (Phi) is 3.11. The third kappa shape index (κ3) is 2.01. The van der Waals surface area contributed by atoms with Crippen molar-refractivity contribution in [2.24, 2.45) is 14.1 Å². The fourth-order valence-corrected chi connectivity index (χ4v) is 2.51. The van der Waals surface area contributed by atoms with E-state index in [9.17, 15) is 0 Å². The smallest absolute Gasteiger partial charge is 0.402 e. The van der Waals surface area contributed by atoms with Crippen molar-refractivity contribution in [2.45, 2.75) is 6.92 Å². The van der Waals surface area contributed by atoms with Crippen molar-refractivity contribution < 1.29 is 13.6 Å². The van der Waals surface area contributed by atoms with Crippen LogP contribution in [0.25, 0.3) is 22.8 Å². The third-order valence-corrected chi connectivity index (χ3v) is 3.66. The lowest BCUT2D eigenvalue weighted by molar-refractivity contribution is -0.687. The first-order valence-corrected chi connectivity index (χ1v) is 6.67. The van der Waals surface area contributed by atoms with Crippen LogP contribution < -0.4 is 9.13 Å². The van der Waals surface area contributed by atoms with Gasteiger partial charge in [-0.25, -0.2) is 0 Å². The molecule has 3 aromatic rings. The number of hydrogen-bond acceptors (Lipinski definition) is 1. The minimum Gasteiger partial charge on any atom is -0.402 e. The van der Waals surface area contributed by atoms with Crippen molar-refractivity contribution in [1.82, 2.24) is 0 Å². The molecule has 0 spiro atoms. The van der Waals surface area contributed by atoms with E-state index in [2.05, 4.69) is 61.0 Å². The Balaban J connectivity index is 2.21. The van der Waals surface area contributed by atoms with Gasteiger partial charge in [0, 0.05) is 17.7 Å². The van der Waals surface area contributed by atoms with Gasteiger partial charge in [-0.2, -0.15) is 9.13 Å². The number of hydrogen-bond donors (Lipinski definition) is 0. The number of nitrogens with zero attached hydrogens (tertiary/aromatic N) is 2. The second-order valence-electron chi connectivity index (χ2n) is 4.99. The Morgan fingerprint density at radius 3 is 2.35 bits per heavy atom. The molecule has 3 nitrogen and oxygen atoms in total. The van der Waals surface area contributed by atoms with Crippen LogP contribution in [-0.4, -0.2) is 0 Å². The molecule has 0 fully saturated rings. The lowest BCUT2D eigenvalue weighted by Gasteiger charge is -2.05.